The second-order valence-electron chi connectivity index (χ2n) is 5.27. The maximum Gasteiger partial charge on any atom is 0.347 e. The summed E-state index contributed by atoms with van der Waals surface area (Å²) in [6, 6.07) is 7.31. The lowest BCUT2D eigenvalue weighted by molar-refractivity contribution is 0.0701. The van der Waals surface area contributed by atoms with Crippen LogP contribution in [0.3, 0.4) is 0 Å². The molecule has 0 aliphatic rings. The first kappa shape index (κ1) is 18.6. The fourth-order valence-electron chi connectivity index (χ4n) is 1.85. The quantitative estimate of drug-likeness (QED) is 0.902. The minimum Gasteiger partial charge on any atom is -0.492 e. The number of rotatable bonds is 5. The molecule has 0 aliphatic carbocycles. The number of carbonyl (C=O) groups is 1. The monoisotopic (exact) mass is 334 g/mol. The van der Waals surface area contributed by atoms with E-state index in [-0.39, 0.29) is 10.4 Å². The Morgan fingerprint density at radius 2 is 2.17 bits per heavy atom. The van der Waals surface area contributed by atoms with Crippen LogP contribution < -0.4 is 4.74 Å². The Labute approximate surface area is 138 Å². The van der Waals surface area contributed by atoms with Crippen LogP contribution in [0.2, 0.25) is 0 Å². The van der Waals surface area contributed by atoms with Gasteiger partial charge in [-0.2, -0.15) is 5.26 Å². The van der Waals surface area contributed by atoms with Crippen molar-refractivity contribution < 1.29 is 20.1 Å². The number of ether oxygens (including phenoxy) is 1. The van der Waals surface area contributed by atoms with Crippen molar-refractivity contribution in [3.63, 3.8) is 0 Å². The number of carboxylic acid groups (broad SMARTS) is 1. The minimum atomic E-state index is -0.987. The molecule has 1 aromatic heterocycles. The Kier molecular flexibility index (Phi) is 6.25. The Morgan fingerprint density at radius 1 is 1.48 bits per heavy atom. The van der Waals surface area contributed by atoms with Crippen molar-refractivity contribution in [1.29, 1.82) is 5.26 Å². The Balaban J connectivity index is 0.00000264. The fourth-order valence-corrected chi connectivity index (χ4v) is 2.75. The molecule has 122 valence electrons. The summed E-state index contributed by atoms with van der Waals surface area (Å²) >= 11 is 1.10. The van der Waals surface area contributed by atoms with E-state index in [9.17, 15) is 10.1 Å². The number of carboxylic acids is 1. The molecule has 0 spiro atoms. The van der Waals surface area contributed by atoms with Crippen molar-refractivity contribution in [2.45, 2.75) is 20.8 Å². The molecular weight excluding hydrogens is 316 g/mol. The number of aromatic carboxylic acids is 1. The molecule has 0 saturated heterocycles. The number of hydrogen-bond donors (Lipinski definition) is 1. The highest BCUT2D eigenvalue weighted by atomic mass is 32.1. The maximum absolute atomic E-state index is 11.1. The van der Waals surface area contributed by atoms with Crippen LogP contribution in [0.15, 0.2) is 18.2 Å². The van der Waals surface area contributed by atoms with E-state index in [1.165, 1.54) is 0 Å². The third kappa shape index (κ3) is 4.28. The van der Waals surface area contributed by atoms with Crippen molar-refractivity contribution >= 4 is 17.3 Å². The Morgan fingerprint density at radius 3 is 2.70 bits per heavy atom. The van der Waals surface area contributed by atoms with Crippen LogP contribution in [0, 0.1) is 24.2 Å². The van der Waals surface area contributed by atoms with E-state index in [2.05, 4.69) is 11.1 Å². The average Bonchev–Trinajstić information content (AvgIpc) is 2.87. The topological polar surface area (TPSA) is 115 Å². The van der Waals surface area contributed by atoms with Crippen LogP contribution in [0.25, 0.3) is 10.6 Å². The normalized spacial score (nSPS) is 10.0. The van der Waals surface area contributed by atoms with Gasteiger partial charge in [-0.25, -0.2) is 9.78 Å². The van der Waals surface area contributed by atoms with Crippen LogP contribution in [0.4, 0.5) is 0 Å². The van der Waals surface area contributed by atoms with Crippen LogP contribution in [0.5, 0.6) is 5.75 Å². The second-order valence-corrected chi connectivity index (χ2v) is 6.27. The molecule has 0 aliphatic heterocycles. The highest BCUT2D eigenvalue weighted by Crippen LogP contribution is 2.31. The van der Waals surface area contributed by atoms with Crippen molar-refractivity contribution in [3.8, 4) is 22.4 Å². The van der Waals surface area contributed by atoms with Crippen molar-refractivity contribution in [3.05, 3.63) is 34.3 Å². The van der Waals surface area contributed by atoms with Crippen molar-refractivity contribution in [2.75, 3.05) is 6.61 Å². The third-order valence-electron chi connectivity index (χ3n) is 2.91. The summed E-state index contributed by atoms with van der Waals surface area (Å²) < 4.78 is 5.61. The van der Waals surface area contributed by atoms with E-state index in [0.29, 0.717) is 40.1 Å². The first-order valence-electron chi connectivity index (χ1n) is 6.80. The zero-order valence-electron chi connectivity index (χ0n) is 13.1. The van der Waals surface area contributed by atoms with E-state index < -0.39 is 5.97 Å². The highest BCUT2D eigenvalue weighted by Gasteiger charge is 2.16. The first-order valence-corrected chi connectivity index (χ1v) is 7.62. The lowest BCUT2D eigenvalue weighted by Gasteiger charge is -2.10. The van der Waals surface area contributed by atoms with Crippen LogP contribution in [-0.2, 0) is 0 Å². The van der Waals surface area contributed by atoms with Gasteiger partial charge in [-0.05, 0) is 31.0 Å². The van der Waals surface area contributed by atoms with Gasteiger partial charge in [0.25, 0.3) is 0 Å². The number of benzene rings is 1. The zero-order valence-corrected chi connectivity index (χ0v) is 13.9. The van der Waals surface area contributed by atoms with Crippen molar-refractivity contribution in [1.82, 2.24) is 4.98 Å². The molecule has 3 N–H and O–H groups in total. The maximum atomic E-state index is 11.1. The zero-order chi connectivity index (χ0) is 16.3. The summed E-state index contributed by atoms with van der Waals surface area (Å²) in [5, 5.41) is 18.9. The van der Waals surface area contributed by atoms with Crippen LogP contribution >= 0.6 is 11.3 Å². The second kappa shape index (κ2) is 7.72. The van der Waals surface area contributed by atoms with Gasteiger partial charge in [0.05, 0.1) is 17.9 Å². The third-order valence-corrected chi connectivity index (χ3v) is 4.10. The molecule has 23 heavy (non-hydrogen) atoms. The predicted octanol–water partition coefficient (Wildman–Crippen LogP) is 2.90. The molecule has 0 fully saturated rings. The lowest BCUT2D eigenvalue weighted by atomic mass is 10.1. The van der Waals surface area contributed by atoms with Gasteiger partial charge in [0.2, 0.25) is 0 Å². The van der Waals surface area contributed by atoms with Gasteiger partial charge >= 0.3 is 5.97 Å². The molecule has 0 atom stereocenters. The number of hydrogen-bond acceptors (Lipinski definition) is 5. The molecule has 7 heteroatoms. The van der Waals surface area contributed by atoms with Crippen LogP contribution in [-0.4, -0.2) is 28.1 Å². The molecule has 2 aromatic rings. The number of nitriles is 1. The molecule has 1 aromatic carbocycles. The number of aryl methyl sites for hydroxylation is 1. The Bertz CT molecular complexity index is 747. The van der Waals surface area contributed by atoms with Crippen LogP contribution in [0.1, 0.15) is 34.8 Å². The van der Waals surface area contributed by atoms with Gasteiger partial charge in [0.15, 0.2) is 0 Å². The molecule has 0 bridgehead atoms. The van der Waals surface area contributed by atoms with Crippen molar-refractivity contribution in [2.24, 2.45) is 5.92 Å². The van der Waals surface area contributed by atoms with E-state index in [0.717, 1.165) is 11.3 Å². The molecule has 6 nitrogen and oxygen atoms in total. The fraction of sp³-hybridized carbons (Fsp3) is 0.312. The molecule has 1 heterocycles. The number of thiazole rings is 1. The number of aromatic nitrogens is 1. The molecular formula is C16H18N2O4S. The largest absolute Gasteiger partial charge is 0.492 e. The number of nitrogens with zero attached hydrogens (tertiary/aromatic N) is 2. The van der Waals surface area contributed by atoms with Gasteiger partial charge < -0.3 is 15.3 Å². The van der Waals surface area contributed by atoms with Gasteiger partial charge in [-0.1, -0.05) is 13.8 Å². The molecule has 0 amide bonds. The van der Waals surface area contributed by atoms with E-state index in [4.69, 9.17) is 9.84 Å². The van der Waals surface area contributed by atoms with Gasteiger partial charge in [-0.3, -0.25) is 0 Å². The smallest absolute Gasteiger partial charge is 0.347 e. The predicted molar refractivity (Wildman–Crippen MR) is 87.9 cm³/mol. The summed E-state index contributed by atoms with van der Waals surface area (Å²) in [5.41, 5.74) is 1.61. The summed E-state index contributed by atoms with van der Waals surface area (Å²) in [4.78, 5) is 15.6. The van der Waals surface area contributed by atoms with E-state index in [1.807, 2.05) is 13.8 Å². The van der Waals surface area contributed by atoms with E-state index >= 15 is 0 Å². The summed E-state index contributed by atoms with van der Waals surface area (Å²) in [6.07, 6.45) is 0. The van der Waals surface area contributed by atoms with E-state index in [1.54, 1.807) is 25.1 Å². The first-order chi connectivity index (χ1) is 10.4. The van der Waals surface area contributed by atoms with Gasteiger partial charge in [0, 0.05) is 5.56 Å². The minimum absolute atomic E-state index is 0. The summed E-state index contributed by atoms with van der Waals surface area (Å²) in [7, 11) is 0. The summed E-state index contributed by atoms with van der Waals surface area (Å²) in [6.45, 7) is 6.26. The molecule has 0 saturated carbocycles. The molecule has 0 unspecified atom stereocenters. The van der Waals surface area contributed by atoms with Gasteiger partial charge in [-0.15, -0.1) is 11.3 Å². The summed E-state index contributed by atoms with van der Waals surface area (Å²) in [5.74, 6) is -0.0868. The standard InChI is InChI=1S/C16H16N2O3S.H2O/c1-9(2)8-21-13-5-4-11(6-12(13)7-17)15-18-10(3)14(22-15)16(19)20;/h4-6,9H,8H2,1-3H3,(H,19,20);1H2. The average molecular weight is 334 g/mol. The highest BCUT2D eigenvalue weighted by molar-refractivity contribution is 7.17. The molecule has 0 radical (unpaired) electrons. The van der Waals surface area contributed by atoms with Gasteiger partial charge in [0.1, 0.15) is 21.7 Å². The SMILES string of the molecule is Cc1nc(-c2ccc(OCC(C)C)c(C#N)c2)sc1C(=O)O.O. The lowest BCUT2D eigenvalue weighted by Crippen LogP contribution is -2.05. The Hall–Kier alpha value is -2.43. The molecule has 2 rings (SSSR count).